The fourth-order valence-electron chi connectivity index (χ4n) is 10.3. The van der Waals surface area contributed by atoms with Gasteiger partial charge in [0.2, 0.25) is 5.75 Å². The summed E-state index contributed by atoms with van der Waals surface area (Å²) in [4.78, 5) is 25.7. The van der Waals surface area contributed by atoms with Crippen LogP contribution in [-0.2, 0) is 38.3 Å². The first-order valence-corrected chi connectivity index (χ1v) is 22.7. The molecule has 0 spiro atoms. The Kier molecular flexibility index (Phi) is 16.2. The Morgan fingerprint density at radius 3 is 1.71 bits per heavy atom. The van der Waals surface area contributed by atoms with Crippen LogP contribution in [0.5, 0.6) is 40.2 Å². The van der Waals surface area contributed by atoms with Gasteiger partial charge in [-0.1, -0.05) is 12.1 Å². The van der Waals surface area contributed by atoms with Gasteiger partial charge in [0, 0.05) is 49.8 Å². The van der Waals surface area contributed by atoms with Gasteiger partial charge in [-0.05, 0) is 90.6 Å². The standard InChI is InChI=1S/C53H70N2O11/c1-34-29-38-22-26-55(5,50(49(38)51(62-10)36(34)3)40-16-18-42(58-6)35(2)30-40)24-14-28-66-47(57)20-19-46(56)65-27-13-23-54(4)25-21-39-33-45(61-9)52(63-11)53(64-12)48(39)41(54)31-37-15-17-43(59-7)44(32-37)60-8/h15-20,29-30,32-33,41,50H,13-14,21-28,31H2,1-12H3/q+2/b20-19+. The van der Waals surface area contributed by atoms with Crippen LogP contribution in [0.15, 0.2) is 60.7 Å². The van der Waals surface area contributed by atoms with E-state index in [1.807, 2.05) is 18.2 Å². The number of likely N-dealkylation sites (N-methyl/N-ethyl adjacent to an activating group) is 2. The van der Waals surface area contributed by atoms with Crippen molar-refractivity contribution in [3.63, 3.8) is 0 Å². The molecule has 0 radical (unpaired) electrons. The van der Waals surface area contributed by atoms with E-state index in [1.165, 1.54) is 22.3 Å². The topological polar surface area (TPSA) is 117 Å². The van der Waals surface area contributed by atoms with Crippen molar-refractivity contribution in [1.82, 2.24) is 0 Å². The minimum absolute atomic E-state index is 0.00668. The van der Waals surface area contributed by atoms with Gasteiger partial charge in [-0.2, -0.15) is 0 Å². The first-order valence-electron chi connectivity index (χ1n) is 22.7. The molecule has 4 atom stereocenters. The predicted octanol–water partition coefficient (Wildman–Crippen LogP) is 8.17. The second-order valence-corrected chi connectivity index (χ2v) is 17.9. The van der Waals surface area contributed by atoms with Crippen molar-refractivity contribution in [1.29, 1.82) is 0 Å². The van der Waals surface area contributed by atoms with Crippen molar-refractivity contribution in [3.8, 4) is 40.2 Å². The first kappa shape index (κ1) is 49.5. The number of aryl methyl sites for hydroxylation is 2. The van der Waals surface area contributed by atoms with E-state index in [1.54, 1.807) is 49.8 Å². The van der Waals surface area contributed by atoms with E-state index in [0.29, 0.717) is 59.0 Å². The summed E-state index contributed by atoms with van der Waals surface area (Å²) in [6, 6.07) is 16.7. The van der Waals surface area contributed by atoms with E-state index < -0.39 is 11.9 Å². The van der Waals surface area contributed by atoms with Gasteiger partial charge < -0.3 is 51.6 Å². The number of rotatable bonds is 20. The number of methoxy groups -OCH3 is 7. The summed E-state index contributed by atoms with van der Waals surface area (Å²) >= 11 is 0. The van der Waals surface area contributed by atoms with Crippen LogP contribution < -0.4 is 33.2 Å². The number of hydrogen-bond acceptors (Lipinski definition) is 11. The van der Waals surface area contributed by atoms with Gasteiger partial charge in [0.25, 0.3) is 0 Å². The van der Waals surface area contributed by atoms with Gasteiger partial charge in [0.1, 0.15) is 23.6 Å². The summed E-state index contributed by atoms with van der Waals surface area (Å²) in [6.07, 6.45) is 5.90. The normalized spacial score (nSPS) is 19.9. The van der Waals surface area contributed by atoms with Crippen molar-refractivity contribution in [2.45, 2.75) is 65.0 Å². The molecule has 0 bridgehead atoms. The summed E-state index contributed by atoms with van der Waals surface area (Å²) < 4.78 is 53.1. The molecule has 0 fully saturated rings. The molecular formula is C53H70N2O11+2. The maximum absolute atomic E-state index is 12.9. The highest BCUT2D eigenvalue weighted by Gasteiger charge is 2.44. The van der Waals surface area contributed by atoms with Crippen LogP contribution in [0, 0.1) is 20.8 Å². The molecular weight excluding hydrogens is 841 g/mol. The summed E-state index contributed by atoms with van der Waals surface area (Å²) in [6.45, 7) is 9.95. The third-order valence-electron chi connectivity index (χ3n) is 13.9. The molecule has 0 amide bonds. The molecule has 2 aliphatic rings. The zero-order valence-electron chi connectivity index (χ0n) is 41.1. The van der Waals surface area contributed by atoms with Crippen LogP contribution in [0.3, 0.4) is 0 Å². The van der Waals surface area contributed by atoms with Gasteiger partial charge in [0.05, 0.1) is 114 Å². The van der Waals surface area contributed by atoms with E-state index in [0.717, 1.165) is 88.4 Å². The molecule has 2 aliphatic heterocycles. The number of benzene rings is 4. The van der Waals surface area contributed by atoms with E-state index in [9.17, 15) is 9.59 Å². The van der Waals surface area contributed by atoms with E-state index in [4.69, 9.17) is 42.6 Å². The Hall–Kier alpha value is -5.92. The number of nitrogens with zero attached hydrogens (tertiary/aromatic N) is 2. The molecule has 13 heteroatoms. The smallest absolute Gasteiger partial charge is 0.331 e. The molecule has 0 aliphatic carbocycles. The van der Waals surface area contributed by atoms with Crippen LogP contribution in [-0.4, -0.2) is 124 Å². The minimum Gasteiger partial charge on any atom is -0.496 e. The van der Waals surface area contributed by atoms with Gasteiger partial charge >= 0.3 is 11.9 Å². The largest absolute Gasteiger partial charge is 0.496 e. The van der Waals surface area contributed by atoms with Crippen LogP contribution in [0.25, 0.3) is 0 Å². The molecule has 66 heavy (non-hydrogen) atoms. The van der Waals surface area contributed by atoms with Crippen molar-refractivity contribution in [2.24, 2.45) is 0 Å². The van der Waals surface area contributed by atoms with E-state index in [2.05, 4.69) is 65.2 Å². The third-order valence-corrected chi connectivity index (χ3v) is 13.9. The summed E-state index contributed by atoms with van der Waals surface area (Å²) in [5, 5.41) is 0. The Morgan fingerprint density at radius 1 is 0.576 bits per heavy atom. The van der Waals surface area contributed by atoms with E-state index >= 15 is 0 Å². The fourth-order valence-corrected chi connectivity index (χ4v) is 10.3. The number of esters is 2. The first-order chi connectivity index (χ1) is 31.7. The summed E-state index contributed by atoms with van der Waals surface area (Å²) in [5.41, 5.74) is 10.4. The Bertz CT molecular complexity index is 2410. The molecule has 13 nitrogen and oxygen atoms in total. The number of quaternary nitrogens is 2. The molecule has 4 aromatic carbocycles. The predicted molar refractivity (Wildman–Crippen MR) is 254 cm³/mol. The lowest BCUT2D eigenvalue weighted by Crippen LogP contribution is -2.52. The lowest BCUT2D eigenvalue weighted by molar-refractivity contribution is -0.941. The Labute approximate surface area is 391 Å². The second-order valence-electron chi connectivity index (χ2n) is 17.9. The van der Waals surface area contributed by atoms with Crippen molar-refractivity contribution >= 4 is 11.9 Å². The lowest BCUT2D eigenvalue weighted by Gasteiger charge is -2.46. The van der Waals surface area contributed by atoms with Crippen LogP contribution in [0.4, 0.5) is 0 Å². The number of carbonyl (C=O) groups is 2. The molecule has 2 heterocycles. The number of fused-ring (bicyclic) bond motifs is 2. The van der Waals surface area contributed by atoms with Crippen molar-refractivity contribution in [3.05, 3.63) is 111 Å². The van der Waals surface area contributed by atoms with Crippen LogP contribution in [0.2, 0.25) is 0 Å². The highest BCUT2D eigenvalue weighted by molar-refractivity contribution is 5.91. The quantitative estimate of drug-likeness (QED) is 0.0370. The Balaban J connectivity index is 1.07. The van der Waals surface area contributed by atoms with Gasteiger partial charge in [-0.15, -0.1) is 0 Å². The SMILES string of the molecule is COc1ccc(C2c3c(cc(C)c(C)c3OC)CC[N+]2(C)CCCOC(=O)/C=C/C(=O)OCCC[N+]2(C)CCc3cc(OC)c(OC)c(OC)c3C2Cc2ccc(OC)c(OC)c2)cc1C. The zero-order chi connectivity index (χ0) is 47.8. The lowest BCUT2D eigenvalue weighted by atomic mass is 9.82. The molecule has 6 rings (SSSR count). The van der Waals surface area contributed by atoms with Crippen LogP contribution >= 0.6 is 0 Å². The van der Waals surface area contributed by atoms with Crippen molar-refractivity contribution in [2.75, 3.05) is 103 Å². The molecule has 0 saturated heterocycles. The fraction of sp³-hybridized carbons (Fsp3) is 0.472. The molecule has 356 valence electrons. The summed E-state index contributed by atoms with van der Waals surface area (Å²) in [7, 11) is 16.1. The maximum Gasteiger partial charge on any atom is 0.331 e. The van der Waals surface area contributed by atoms with Crippen molar-refractivity contribution < 1.29 is 61.2 Å². The van der Waals surface area contributed by atoms with Gasteiger partial charge in [-0.3, -0.25) is 0 Å². The number of hydrogen-bond donors (Lipinski definition) is 0. The molecule has 4 unspecified atom stereocenters. The maximum atomic E-state index is 12.9. The highest BCUT2D eigenvalue weighted by atomic mass is 16.5. The number of carbonyl (C=O) groups excluding carboxylic acids is 2. The Morgan fingerprint density at radius 2 is 1.14 bits per heavy atom. The molecule has 0 aromatic heterocycles. The van der Waals surface area contributed by atoms with E-state index in [-0.39, 0.29) is 25.3 Å². The van der Waals surface area contributed by atoms with Gasteiger partial charge in [0.15, 0.2) is 23.0 Å². The zero-order valence-corrected chi connectivity index (χ0v) is 41.1. The third kappa shape index (κ3) is 10.4. The molecule has 4 aromatic rings. The summed E-state index contributed by atoms with van der Waals surface area (Å²) in [5.74, 6) is 3.74. The molecule has 0 N–H and O–H groups in total. The van der Waals surface area contributed by atoms with Gasteiger partial charge in [-0.25, -0.2) is 9.59 Å². The average molecular weight is 911 g/mol. The second kappa shape index (κ2) is 21.6. The molecule has 0 saturated carbocycles. The minimum atomic E-state index is -0.596. The van der Waals surface area contributed by atoms with Crippen LogP contribution in [0.1, 0.15) is 75.0 Å². The number of ether oxygens (including phenoxy) is 9. The average Bonchev–Trinajstić information content (AvgIpc) is 3.32. The highest BCUT2D eigenvalue weighted by Crippen LogP contribution is 2.51. The monoisotopic (exact) mass is 910 g/mol.